The fraction of sp³-hybridized carbons (Fsp3) is 0.421. The predicted molar refractivity (Wildman–Crippen MR) is 91.5 cm³/mol. The zero-order valence-electron chi connectivity index (χ0n) is 14.1. The molecule has 25 heavy (non-hydrogen) atoms. The molecule has 1 saturated heterocycles. The van der Waals surface area contributed by atoms with Crippen LogP contribution in [0.15, 0.2) is 41.0 Å². The van der Waals surface area contributed by atoms with Crippen LogP contribution in [0.25, 0.3) is 0 Å². The number of furan rings is 1. The summed E-state index contributed by atoms with van der Waals surface area (Å²) in [6, 6.07) is 9.90. The van der Waals surface area contributed by atoms with Crippen LogP contribution in [0.4, 0.5) is 0 Å². The molecular weight excluding hydrogens is 320 g/mol. The molecule has 1 aromatic carbocycles. The Kier molecular flexibility index (Phi) is 4.61. The van der Waals surface area contributed by atoms with Gasteiger partial charge in [-0.25, -0.2) is 0 Å². The molecule has 2 aromatic rings. The molecule has 4 rings (SSSR count). The van der Waals surface area contributed by atoms with E-state index in [0.717, 1.165) is 43.2 Å². The van der Waals surface area contributed by atoms with Gasteiger partial charge in [0.15, 0.2) is 11.5 Å². The van der Waals surface area contributed by atoms with Crippen molar-refractivity contribution in [3.63, 3.8) is 0 Å². The van der Waals surface area contributed by atoms with Crippen molar-refractivity contribution in [2.45, 2.75) is 25.3 Å². The fourth-order valence-electron chi connectivity index (χ4n) is 3.45. The van der Waals surface area contributed by atoms with Crippen molar-refractivity contribution in [1.29, 1.82) is 0 Å². The fourth-order valence-corrected chi connectivity index (χ4v) is 3.45. The Morgan fingerprint density at radius 1 is 1.16 bits per heavy atom. The Hall–Kier alpha value is -2.47. The van der Waals surface area contributed by atoms with E-state index in [-0.39, 0.29) is 5.91 Å². The minimum absolute atomic E-state index is 0.0397. The van der Waals surface area contributed by atoms with Gasteiger partial charge in [-0.15, -0.1) is 0 Å². The van der Waals surface area contributed by atoms with Gasteiger partial charge in [0.05, 0.1) is 19.4 Å². The predicted octanol–water partition coefficient (Wildman–Crippen LogP) is 2.50. The zero-order chi connectivity index (χ0) is 17.1. The number of carbonyl (C=O) groups is 1. The second-order valence-electron chi connectivity index (χ2n) is 6.52. The van der Waals surface area contributed by atoms with Gasteiger partial charge < -0.3 is 19.2 Å². The molecule has 3 heterocycles. The lowest BCUT2D eigenvalue weighted by atomic mass is 9.89. The van der Waals surface area contributed by atoms with Crippen molar-refractivity contribution in [1.82, 2.24) is 10.2 Å². The second kappa shape index (κ2) is 7.19. The van der Waals surface area contributed by atoms with E-state index in [1.54, 1.807) is 6.26 Å². The first-order valence-corrected chi connectivity index (χ1v) is 8.69. The van der Waals surface area contributed by atoms with Crippen LogP contribution in [-0.4, -0.2) is 37.2 Å². The van der Waals surface area contributed by atoms with Crippen LogP contribution < -0.4 is 14.8 Å². The van der Waals surface area contributed by atoms with E-state index in [0.29, 0.717) is 25.8 Å². The third kappa shape index (κ3) is 3.79. The van der Waals surface area contributed by atoms with E-state index in [1.165, 1.54) is 5.56 Å². The molecule has 0 bridgehead atoms. The highest BCUT2D eigenvalue weighted by Gasteiger charge is 2.24. The summed E-state index contributed by atoms with van der Waals surface area (Å²) >= 11 is 0. The number of likely N-dealkylation sites (tertiary alicyclic amines) is 1. The number of hydrogen-bond donors (Lipinski definition) is 1. The Bertz CT molecular complexity index is 721. The number of hydrogen-bond acceptors (Lipinski definition) is 5. The van der Waals surface area contributed by atoms with Gasteiger partial charge in [0.2, 0.25) is 12.7 Å². The SMILES string of the molecule is O=C(CN1CCC(c2ccc3c(c2)OCO3)CC1)NCc1ccco1. The smallest absolute Gasteiger partial charge is 0.234 e. The Morgan fingerprint density at radius 3 is 2.80 bits per heavy atom. The number of nitrogens with zero attached hydrogens (tertiary/aromatic N) is 1. The van der Waals surface area contributed by atoms with Crippen molar-refractivity contribution in [3.05, 3.63) is 47.9 Å². The zero-order valence-corrected chi connectivity index (χ0v) is 14.1. The first kappa shape index (κ1) is 16.0. The standard InChI is InChI=1S/C19H22N2O4/c22-19(20-11-16-2-1-9-23-16)12-21-7-5-14(6-8-21)15-3-4-17-18(10-15)25-13-24-17/h1-4,9-10,14H,5-8,11-13H2,(H,20,22). The average molecular weight is 342 g/mol. The number of fused-ring (bicyclic) bond motifs is 1. The second-order valence-corrected chi connectivity index (χ2v) is 6.52. The van der Waals surface area contributed by atoms with Gasteiger partial charge in [-0.1, -0.05) is 6.07 Å². The third-order valence-corrected chi connectivity index (χ3v) is 4.86. The molecule has 1 N–H and O–H groups in total. The van der Waals surface area contributed by atoms with E-state index >= 15 is 0 Å². The molecule has 1 amide bonds. The first-order valence-electron chi connectivity index (χ1n) is 8.69. The molecule has 1 fully saturated rings. The maximum Gasteiger partial charge on any atom is 0.234 e. The number of nitrogens with one attached hydrogen (secondary N) is 1. The van der Waals surface area contributed by atoms with Crippen molar-refractivity contribution in [3.8, 4) is 11.5 Å². The monoisotopic (exact) mass is 342 g/mol. The summed E-state index contributed by atoms with van der Waals surface area (Å²) in [6.45, 7) is 3.04. The minimum atomic E-state index is 0.0397. The average Bonchev–Trinajstić information content (AvgIpc) is 3.31. The summed E-state index contributed by atoms with van der Waals surface area (Å²) in [7, 11) is 0. The molecule has 1 aromatic heterocycles. The largest absolute Gasteiger partial charge is 0.467 e. The molecule has 0 spiro atoms. The molecule has 6 heteroatoms. The van der Waals surface area contributed by atoms with Gasteiger partial charge in [-0.2, -0.15) is 0 Å². The molecule has 0 saturated carbocycles. The topological polar surface area (TPSA) is 63.9 Å². The molecule has 0 aliphatic carbocycles. The quantitative estimate of drug-likeness (QED) is 0.904. The number of piperidine rings is 1. The highest BCUT2D eigenvalue weighted by molar-refractivity contribution is 5.77. The van der Waals surface area contributed by atoms with Crippen molar-refractivity contribution >= 4 is 5.91 Å². The summed E-state index contributed by atoms with van der Waals surface area (Å²) in [6.07, 6.45) is 3.71. The molecular formula is C19H22N2O4. The molecule has 0 unspecified atom stereocenters. The lowest BCUT2D eigenvalue weighted by Crippen LogP contribution is -2.40. The molecule has 2 aliphatic heterocycles. The van der Waals surface area contributed by atoms with Crippen LogP contribution in [-0.2, 0) is 11.3 Å². The summed E-state index contributed by atoms with van der Waals surface area (Å²) in [5.74, 6) is 3.00. The minimum Gasteiger partial charge on any atom is -0.467 e. The lowest BCUT2D eigenvalue weighted by Gasteiger charge is -2.31. The highest BCUT2D eigenvalue weighted by atomic mass is 16.7. The number of rotatable bonds is 5. The van der Waals surface area contributed by atoms with Gasteiger partial charge in [0.1, 0.15) is 5.76 Å². The van der Waals surface area contributed by atoms with Gasteiger partial charge >= 0.3 is 0 Å². The highest BCUT2D eigenvalue weighted by Crippen LogP contribution is 2.37. The number of carbonyl (C=O) groups excluding carboxylic acids is 1. The maximum atomic E-state index is 12.1. The van der Waals surface area contributed by atoms with Gasteiger partial charge in [-0.3, -0.25) is 9.69 Å². The number of amides is 1. The van der Waals surface area contributed by atoms with E-state index in [2.05, 4.69) is 22.3 Å². The molecule has 0 radical (unpaired) electrons. The van der Waals surface area contributed by atoms with Gasteiger partial charge in [-0.05, 0) is 61.7 Å². The molecule has 132 valence electrons. The summed E-state index contributed by atoms with van der Waals surface area (Å²) in [4.78, 5) is 14.3. The molecule has 2 aliphatic rings. The van der Waals surface area contributed by atoms with Gasteiger partial charge in [0.25, 0.3) is 0 Å². The molecule has 6 nitrogen and oxygen atoms in total. The Labute approximate surface area is 146 Å². The summed E-state index contributed by atoms with van der Waals surface area (Å²) in [5.41, 5.74) is 1.30. The van der Waals surface area contributed by atoms with E-state index < -0.39 is 0 Å². The van der Waals surface area contributed by atoms with Crippen molar-refractivity contribution in [2.75, 3.05) is 26.4 Å². The maximum absolute atomic E-state index is 12.1. The van der Waals surface area contributed by atoms with Crippen LogP contribution in [0.2, 0.25) is 0 Å². The van der Waals surface area contributed by atoms with Crippen molar-refractivity contribution < 1.29 is 18.7 Å². The summed E-state index contributed by atoms with van der Waals surface area (Å²) < 4.78 is 16.1. The third-order valence-electron chi connectivity index (χ3n) is 4.86. The Morgan fingerprint density at radius 2 is 2.00 bits per heavy atom. The number of ether oxygens (including phenoxy) is 2. The normalized spacial score (nSPS) is 17.6. The molecule has 0 atom stereocenters. The number of benzene rings is 1. The van der Waals surface area contributed by atoms with Crippen LogP contribution in [0.5, 0.6) is 11.5 Å². The first-order chi connectivity index (χ1) is 12.3. The van der Waals surface area contributed by atoms with E-state index in [4.69, 9.17) is 13.9 Å². The van der Waals surface area contributed by atoms with E-state index in [1.807, 2.05) is 18.2 Å². The van der Waals surface area contributed by atoms with E-state index in [9.17, 15) is 4.79 Å². The van der Waals surface area contributed by atoms with Crippen LogP contribution in [0.1, 0.15) is 30.1 Å². The van der Waals surface area contributed by atoms with Crippen LogP contribution in [0.3, 0.4) is 0 Å². The van der Waals surface area contributed by atoms with Gasteiger partial charge in [0, 0.05) is 0 Å². The Balaban J connectivity index is 1.24. The van der Waals surface area contributed by atoms with Crippen LogP contribution in [0, 0.1) is 0 Å². The van der Waals surface area contributed by atoms with Crippen molar-refractivity contribution in [2.24, 2.45) is 0 Å². The summed E-state index contributed by atoms with van der Waals surface area (Å²) in [5, 5.41) is 2.90. The lowest BCUT2D eigenvalue weighted by molar-refractivity contribution is -0.122. The van der Waals surface area contributed by atoms with Crippen LogP contribution >= 0.6 is 0 Å².